The topological polar surface area (TPSA) is 59.1 Å². The molecule has 0 saturated carbocycles. The molecule has 0 radical (unpaired) electrons. The molecule has 0 aromatic heterocycles. The molecule has 1 aromatic carbocycles. The van der Waals surface area contributed by atoms with Crippen LogP contribution in [0.1, 0.15) is 16.8 Å². The predicted molar refractivity (Wildman–Crippen MR) is 87.0 cm³/mol. The van der Waals surface area contributed by atoms with Crippen molar-refractivity contribution in [3.8, 4) is 5.75 Å². The summed E-state index contributed by atoms with van der Waals surface area (Å²) in [5, 5.41) is 0. The number of rotatable bonds is 6. The van der Waals surface area contributed by atoms with E-state index in [0.29, 0.717) is 37.5 Å². The summed E-state index contributed by atoms with van der Waals surface area (Å²) in [7, 11) is 1.54. The molecule has 9 heteroatoms. The zero-order chi connectivity index (χ0) is 19.2. The van der Waals surface area contributed by atoms with Gasteiger partial charge in [-0.3, -0.25) is 9.59 Å². The van der Waals surface area contributed by atoms with Gasteiger partial charge in [0, 0.05) is 31.7 Å². The molecule has 0 N–H and O–H groups in total. The first-order valence-corrected chi connectivity index (χ1v) is 8.16. The number of hydrogen-bond donors (Lipinski definition) is 0. The molecule has 0 spiro atoms. The Morgan fingerprint density at radius 1 is 1.04 bits per heavy atom. The molecule has 1 aromatic rings. The van der Waals surface area contributed by atoms with E-state index in [2.05, 4.69) is 4.74 Å². The second-order valence-corrected chi connectivity index (χ2v) is 5.82. The molecule has 1 aliphatic heterocycles. The van der Waals surface area contributed by atoms with Crippen LogP contribution in [0.3, 0.4) is 0 Å². The third-order valence-corrected chi connectivity index (χ3v) is 3.98. The number of carbonyl (C=O) groups excluding carboxylic acids is 2. The van der Waals surface area contributed by atoms with Crippen molar-refractivity contribution in [3.63, 3.8) is 0 Å². The van der Waals surface area contributed by atoms with Gasteiger partial charge in [-0.05, 0) is 24.3 Å². The Morgan fingerprint density at radius 3 is 2.15 bits per heavy atom. The number of ether oxygens (including phenoxy) is 2. The molecule has 2 amide bonds. The third-order valence-electron chi connectivity index (χ3n) is 3.98. The number of alkyl halides is 3. The Labute approximate surface area is 149 Å². The van der Waals surface area contributed by atoms with Crippen LogP contribution in [0.25, 0.3) is 0 Å². The van der Waals surface area contributed by atoms with Crippen molar-refractivity contribution in [2.24, 2.45) is 0 Å². The first kappa shape index (κ1) is 20.0. The fraction of sp³-hybridized carbons (Fsp3) is 0.529. The first-order chi connectivity index (χ1) is 12.3. The van der Waals surface area contributed by atoms with Crippen LogP contribution in [0.2, 0.25) is 0 Å². The van der Waals surface area contributed by atoms with E-state index < -0.39 is 12.8 Å². The van der Waals surface area contributed by atoms with Crippen molar-refractivity contribution in [2.75, 3.05) is 46.5 Å². The molecule has 1 aliphatic rings. The smallest absolute Gasteiger partial charge is 0.411 e. The van der Waals surface area contributed by atoms with E-state index in [-0.39, 0.29) is 24.8 Å². The van der Waals surface area contributed by atoms with Crippen LogP contribution in [-0.4, -0.2) is 74.3 Å². The van der Waals surface area contributed by atoms with E-state index in [9.17, 15) is 22.8 Å². The minimum Gasteiger partial charge on any atom is -0.497 e. The number of piperazine rings is 1. The molecule has 0 unspecified atom stereocenters. The number of benzene rings is 1. The van der Waals surface area contributed by atoms with Gasteiger partial charge in [0.15, 0.2) is 0 Å². The minimum atomic E-state index is -4.39. The van der Waals surface area contributed by atoms with Gasteiger partial charge in [0.25, 0.3) is 5.91 Å². The van der Waals surface area contributed by atoms with E-state index in [0.717, 1.165) is 0 Å². The second kappa shape index (κ2) is 8.88. The van der Waals surface area contributed by atoms with Gasteiger partial charge in [0.05, 0.1) is 20.1 Å². The molecule has 2 rings (SSSR count). The summed E-state index contributed by atoms with van der Waals surface area (Å²) in [5.41, 5.74) is 0.533. The van der Waals surface area contributed by atoms with E-state index >= 15 is 0 Å². The summed E-state index contributed by atoms with van der Waals surface area (Å²) in [6.45, 7) is -0.187. The molecular formula is C17H21F3N2O4. The summed E-state index contributed by atoms with van der Waals surface area (Å²) < 4.78 is 45.4. The highest BCUT2D eigenvalue weighted by atomic mass is 19.4. The van der Waals surface area contributed by atoms with E-state index in [1.54, 1.807) is 36.3 Å². The maximum Gasteiger partial charge on any atom is 0.411 e. The maximum absolute atomic E-state index is 12.4. The third kappa shape index (κ3) is 5.91. The summed E-state index contributed by atoms with van der Waals surface area (Å²) in [5.74, 6) is 0.252. The lowest BCUT2D eigenvalue weighted by atomic mass is 10.1. The molecule has 0 bridgehead atoms. The van der Waals surface area contributed by atoms with Gasteiger partial charge in [-0.25, -0.2) is 0 Å². The van der Waals surface area contributed by atoms with Crippen LogP contribution in [0.4, 0.5) is 13.2 Å². The van der Waals surface area contributed by atoms with Gasteiger partial charge in [0.1, 0.15) is 12.4 Å². The lowest BCUT2D eigenvalue weighted by Crippen LogP contribution is -2.50. The SMILES string of the molecule is COc1ccc(C(=O)N2CCN(C(=O)CCOCC(F)(F)F)CC2)cc1. The van der Waals surface area contributed by atoms with Crippen molar-refractivity contribution in [1.29, 1.82) is 0 Å². The minimum absolute atomic E-state index is 0.109. The lowest BCUT2D eigenvalue weighted by Gasteiger charge is -2.35. The van der Waals surface area contributed by atoms with Crippen LogP contribution in [0, 0.1) is 0 Å². The van der Waals surface area contributed by atoms with Crippen molar-refractivity contribution in [1.82, 2.24) is 9.80 Å². The van der Waals surface area contributed by atoms with Crippen LogP contribution < -0.4 is 4.74 Å². The number of carbonyl (C=O) groups is 2. The fourth-order valence-electron chi connectivity index (χ4n) is 2.58. The Bertz CT molecular complexity index is 611. The zero-order valence-corrected chi connectivity index (χ0v) is 14.4. The molecule has 0 aliphatic carbocycles. The van der Waals surface area contributed by atoms with Gasteiger partial charge in [-0.1, -0.05) is 0 Å². The number of amides is 2. The predicted octanol–water partition coefficient (Wildman–Crippen LogP) is 1.95. The van der Waals surface area contributed by atoms with E-state index in [1.165, 1.54) is 4.90 Å². The highest BCUT2D eigenvalue weighted by Gasteiger charge is 2.28. The molecule has 1 heterocycles. The Morgan fingerprint density at radius 2 is 1.62 bits per heavy atom. The Balaban J connectivity index is 1.75. The standard InChI is InChI=1S/C17H21F3N2O4/c1-25-14-4-2-13(3-5-14)16(24)22-9-7-21(8-10-22)15(23)6-11-26-12-17(18,19)20/h2-5H,6-12H2,1H3. The van der Waals surface area contributed by atoms with Crippen LogP contribution in [0.15, 0.2) is 24.3 Å². The van der Waals surface area contributed by atoms with Gasteiger partial charge < -0.3 is 19.3 Å². The normalized spacial score (nSPS) is 15.1. The van der Waals surface area contributed by atoms with Gasteiger partial charge >= 0.3 is 6.18 Å². The first-order valence-electron chi connectivity index (χ1n) is 8.16. The summed E-state index contributed by atoms with van der Waals surface area (Å²) in [4.78, 5) is 27.6. The highest BCUT2D eigenvalue weighted by molar-refractivity contribution is 5.94. The van der Waals surface area contributed by atoms with Crippen molar-refractivity contribution >= 4 is 11.8 Å². The van der Waals surface area contributed by atoms with Crippen molar-refractivity contribution in [2.45, 2.75) is 12.6 Å². The highest BCUT2D eigenvalue weighted by Crippen LogP contribution is 2.16. The van der Waals surface area contributed by atoms with Crippen molar-refractivity contribution in [3.05, 3.63) is 29.8 Å². The number of nitrogens with zero attached hydrogens (tertiary/aromatic N) is 2. The van der Waals surface area contributed by atoms with Gasteiger partial charge in [-0.2, -0.15) is 13.2 Å². The van der Waals surface area contributed by atoms with Crippen LogP contribution in [-0.2, 0) is 9.53 Å². The number of methoxy groups -OCH3 is 1. The summed E-state index contributed by atoms with van der Waals surface area (Å²) in [6, 6.07) is 6.76. The zero-order valence-electron chi connectivity index (χ0n) is 14.4. The Hall–Kier alpha value is -2.29. The average molecular weight is 374 g/mol. The fourth-order valence-corrected chi connectivity index (χ4v) is 2.58. The van der Waals surface area contributed by atoms with Crippen LogP contribution >= 0.6 is 0 Å². The summed E-state index contributed by atoms with van der Waals surface area (Å²) in [6.07, 6.45) is -4.50. The van der Waals surface area contributed by atoms with E-state index in [1.807, 2.05) is 0 Å². The van der Waals surface area contributed by atoms with E-state index in [4.69, 9.17) is 4.74 Å². The molecule has 1 saturated heterocycles. The molecule has 144 valence electrons. The molecule has 1 fully saturated rings. The number of hydrogen-bond acceptors (Lipinski definition) is 4. The molecule has 26 heavy (non-hydrogen) atoms. The lowest BCUT2D eigenvalue weighted by molar-refractivity contribution is -0.175. The van der Waals surface area contributed by atoms with Crippen molar-refractivity contribution < 1.29 is 32.2 Å². The van der Waals surface area contributed by atoms with Crippen LogP contribution in [0.5, 0.6) is 5.75 Å². The largest absolute Gasteiger partial charge is 0.497 e. The monoisotopic (exact) mass is 374 g/mol. The molecular weight excluding hydrogens is 353 g/mol. The van der Waals surface area contributed by atoms with Gasteiger partial charge in [-0.15, -0.1) is 0 Å². The quantitative estimate of drug-likeness (QED) is 0.715. The maximum atomic E-state index is 12.4. The average Bonchev–Trinajstić information content (AvgIpc) is 2.64. The Kier molecular flexibility index (Phi) is 6.84. The number of halogens is 3. The van der Waals surface area contributed by atoms with Gasteiger partial charge in [0.2, 0.25) is 5.91 Å². The summed E-state index contributed by atoms with van der Waals surface area (Å²) >= 11 is 0. The molecule has 0 atom stereocenters. The second-order valence-electron chi connectivity index (χ2n) is 5.82. The molecule has 6 nitrogen and oxygen atoms in total.